The molecule has 2 amide bonds. The molecule has 10 nitrogen and oxygen atoms in total. The number of anilines is 2. The van der Waals surface area contributed by atoms with Gasteiger partial charge in [0.05, 0.1) is 30.7 Å². The van der Waals surface area contributed by atoms with E-state index in [0.29, 0.717) is 44.1 Å². The number of carbonyl (C=O) groups excluding carboxylic acids is 2. The van der Waals surface area contributed by atoms with Crippen LogP contribution < -0.4 is 9.80 Å². The highest BCUT2D eigenvalue weighted by molar-refractivity contribution is 7.79. The molecule has 0 radical (unpaired) electrons. The summed E-state index contributed by atoms with van der Waals surface area (Å²) >= 11 is 4.78. The first-order valence-corrected chi connectivity index (χ1v) is 11.0. The summed E-state index contributed by atoms with van der Waals surface area (Å²) in [4.78, 5) is 31.1. The molecule has 1 aromatic heterocycles. The van der Waals surface area contributed by atoms with Crippen LogP contribution in [0.15, 0.2) is 35.0 Å². The Labute approximate surface area is 195 Å². The summed E-state index contributed by atoms with van der Waals surface area (Å²) in [6.07, 6.45) is 0.340. The largest absolute Gasteiger partial charge is 0.486 e. The molecule has 1 N–H and O–H groups in total. The molecule has 176 valence electrons. The minimum atomic E-state index is -0.577. The van der Waals surface area contributed by atoms with E-state index in [1.165, 1.54) is 28.1 Å². The monoisotopic (exact) mass is 477 g/mol. The Balaban J connectivity index is 1.38. The molecule has 12 heteroatoms. The van der Waals surface area contributed by atoms with Crippen LogP contribution >= 0.6 is 12.2 Å². The third kappa shape index (κ3) is 4.85. The van der Waals surface area contributed by atoms with Gasteiger partial charge in [-0.25, -0.2) is 9.18 Å². The van der Waals surface area contributed by atoms with E-state index in [-0.39, 0.29) is 29.9 Å². The van der Waals surface area contributed by atoms with Crippen molar-refractivity contribution in [1.29, 1.82) is 0 Å². The zero-order valence-corrected chi connectivity index (χ0v) is 18.8. The summed E-state index contributed by atoms with van der Waals surface area (Å²) in [5, 5.41) is 12.8. The van der Waals surface area contributed by atoms with Crippen LogP contribution in [0.5, 0.6) is 0 Å². The number of ether oxygens (including phenoxy) is 1. The number of likely N-dealkylation sites (N-methyl/N-ethyl adjacent to an activating group) is 1. The van der Waals surface area contributed by atoms with Gasteiger partial charge in [0.2, 0.25) is 5.76 Å². The maximum Gasteiger partial charge on any atom is 0.414 e. The first-order valence-electron chi connectivity index (χ1n) is 10.6. The summed E-state index contributed by atoms with van der Waals surface area (Å²) < 4.78 is 25.3. The van der Waals surface area contributed by atoms with Crippen molar-refractivity contribution in [3.05, 3.63) is 42.0 Å². The predicted octanol–water partition coefficient (Wildman–Crippen LogP) is 2.27. The van der Waals surface area contributed by atoms with Crippen molar-refractivity contribution in [2.45, 2.75) is 13.0 Å². The van der Waals surface area contributed by atoms with Crippen LogP contribution in [0.2, 0.25) is 0 Å². The fourth-order valence-corrected chi connectivity index (χ4v) is 4.17. The van der Waals surface area contributed by atoms with Crippen molar-refractivity contribution in [2.75, 3.05) is 55.6 Å². The van der Waals surface area contributed by atoms with E-state index in [9.17, 15) is 19.1 Å². The van der Waals surface area contributed by atoms with Crippen LogP contribution in [0.4, 0.5) is 20.6 Å². The highest BCUT2D eigenvalue weighted by atomic mass is 32.1. The average Bonchev–Trinajstić information content (AvgIpc) is 3.47. The van der Waals surface area contributed by atoms with Gasteiger partial charge in [0.25, 0.3) is 11.1 Å². The number of amides is 2. The number of benzene rings is 1. The van der Waals surface area contributed by atoms with Crippen LogP contribution in [0.1, 0.15) is 17.5 Å². The van der Waals surface area contributed by atoms with Gasteiger partial charge in [-0.05, 0) is 37.3 Å². The second kappa shape index (κ2) is 9.61. The second-order valence-electron chi connectivity index (χ2n) is 7.73. The fraction of sp³-hybridized carbons (Fsp3) is 0.429. The Morgan fingerprint density at radius 2 is 2.06 bits per heavy atom. The van der Waals surface area contributed by atoms with Gasteiger partial charge in [-0.2, -0.15) is 0 Å². The van der Waals surface area contributed by atoms with E-state index < -0.39 is 18.0 Å². The molecule has 0 aliphatic carbocycles. The van der Waals surface area contributed by atoms with E-state index in [1.54, 1.807) is 17.0 Å². The molecular formula is C21H24FN5O5S. The highest BCUT2D eigenvalue weighted by Gasteiger charge is 2.34. The molecule has 1 unspecified atom stereocenters. The average molecular weight is 478 g/mol. The normalized spacial score (nSPS) is 18.4. The van der Waals surface area contributed by atoms with Crippen LogP contribution in [-0.2, 0) is 4.74 Å². The fourth-order valence-electron chi connectivity index (χ4n) is 3.97. The minimum Gasteiger partial charge on any atom is -0.486 e. The lowest BCUT2D eigenvalue weighted by molar-refractivity contribution is 0.0704. The molecule has 0 spiro atoms. The maximum atomic E-state index is 15.0. The molecule has 2 fully saturated rings. The van der Waals surface area contributed by atoms with E-state index in [4.69, 9.17) is 21.5 Å². The quantitative estimate of drug-likeness (QED) is 0.628. The van der Waals surface area contributed by atoms with Gasteiger partial charge in [-0.3, -0.25) is 9.69 Å². The molecule has 1 atom stereocenters. The summed E-state index contributed by atoms with van der Waals surface area (Å²) in [6.45, 7) is 4.53. The Hall–Kier alpha value is -3.41. The summed E-state index contributed by atoms with van der Waals surface area (Å²) in [6, 6.07) is 6.11. The Morgan fingerprint density at radius 3 is 2.67 bits per heavy atom. The minimum absolute atomic E-state index is 0.178. The molecule has 33 heavy (non-hydrogen) atoms. The van der Waals surface area contributed by atoms with Crippen LogP contribution in [0, 0.1) is 5.82 Å². The Morgan fingerprint density at radius 1 is 1.30 bits per heavy atom. The van der Waals surface area contributed by atoms with Gasteiger partial charge < -0.3 is 29.1 Å². The number of cyclic esters (lactones) is 1. The Bertz CT molecular complexity index is 1030. The maximum absolute atomic E-state index is 15.0. The van der Waals surface area contributed by atoms with Crippen LogP contribution in [-0.4, -0.2) is 89.2 Å². The van der Waals surface area contributed by atoms with Gasteiger partial charge in [-0.15, -0.1) is 0 Å². The number of thiocarbonyl (C=S) groups is 1. The molecule has 0 bridgehead atoms. The molecule has 2 aliphatic heterocycles. The number of aliphatic hydroxyl groups excluding tert-OH is 1. The number of piperazine rings is 1. The summed E-state index contributed by atoms with van der Waals surface area (Å²) in [5.74, 6) is -0.531. The molecule has 4 rings (SSSR count). The smallest absolute Gasteiger partial charge is 0.414 e. The molecule has 0 saturated carbocycles. The highest BCUT2D eigenvalue weighted by Crippen LogP contribution is 2.29. The van der Waals surface area contributed by atoms with E-state index in [1.807, 2.05) is 11.8 Å². The van der Waals surface area contributed by atoms with Gasteiger partial charge in [0, 0.05) is 38.8 Å². The summed E-state index contributed by atoms with van der Waals surface area (Å²) in [5.41, 5.74) is 0.787. The van der Waals surface area contributed by atoms with E-state index >= 15 is 0 Å². The van der Waals surface area contributed by atoms with Crippen LogP contribution in [0.3, 0.4) is 0 Å². The number of halogens is 1. The lowest BCUT2D eigenvalue weighted by Gasteiger charge is -2.35. The zero-order valence-electron chi connectivity index (χ0n) is 18.0. The number of rotatable bonds is 6. The van der Waals surface area contributed by atoms with Crippen LogP contribution in [0.25, 0.3) is 0 Å². The van der Waals surface area contributed by atoms with E-state index in [2.05, 4.69) is 5.16 Å². The van der Waals surface area contributed by atoms with E-state index in [0.717, 1.165) is 0 Å². The molecule has 2 saturated heterocycles. The molecule has 3 heterocycles. The third-order valence-electron chi connectivity index (χ3n) is 5.75. The van der Waals surface area contributed by atoms with Crippen molar-refractivity contribution in [1.82, 2.24) is 15.0 Å². The van der Waals surface area contributed by atoms with Crippen molar-refractivity contribution in [3.63, 3.8) is 0 Å². The lowest BCUT2D eigenvalue weighted by atomic mass is 10.2. The molecule has 2 aromatic rings. The second-order valence-corrected chi connectivity index (χ2v) is 8.09. The van der Waals surface area contributed by atoms with Gasteiger partial charge in [-0.1, -0.05) is 5.16 Å². The molecule has 2 aliphatic rings. The predicted molar refractivity (Wildman–Crippen MR) is 121 cm³/mol. The standard InChI is InChI=1S/C21H24FN5O5S/c1-2-24(21(30)33)12-15-13-27(20(29)31-15)14-3-4-17(16(22)11-14)25-7-9-26(10-8-25)19(28)18-5-6-23-32-18/h3-6,11,15H,2,7-10,12-13H2,1H3,(H,30,33). The van der Waals surface area contributed by atoms with Gasteiger partial charge in [0.15, 0.2) is 0 Å². The number of carbonyl (C=O) groups is 2. The summed E-state index contributed by atoms with van der Waals surface area (Å²) in [7, 11) is 0. The first kappa shape index (κ1) is 22.8. The number of hydrogen-bond acceptors (Lipinski definition) is 7. The SMILES string of the molecule is CCN(CC1CN(c2ccc(N3CCN(C(=O)c4ccno4)CC3)c(F)c2)C(=O)O1)C(O)=S. The number of aliphatic hydroxyl groups is 1. The number of aromatic nitrogens is 1. The number of nitrogens with zero attached hydrogens (tertiary/aromatic N) is 5. The van der Waals surface area contributed by atoms with Crippen molar-refractivity contribution in [2.24, 2.45) is 0 Å². The topological polar surface area (TPSA) is 103 Å². The number of hydrogen-bond donors (Lipinski definition) is 1. The van der Waals surface area contributed by atoms with Crippen molar-refractivity contribution >= 4 is 40.8 Å². The first-order chi connectivity index (χ1) is 15.9. The lowest BCUT2D eigenvalue weighted by Crippen LogP contribution is -2.49. The van der Waals surface area contributed by atoms with Crippen molar-refractivity contribution < 1.29 is 28.3 Å². The van der Waals surface area contributed by atoms with Crippen molar-refractivity contribution in [3.8, 4) is 0 Å². The zero-order chi connectivity index (χ0) is 23.5. The van der Waals surface area contributed by atoms with Gasteiger partial charge >= 0.3 is 6.09 Å². The molecular weight excluding hydrogens is 453 g/mol. The Kier molecular flexibility index (Phi) is 6.63. The van der Waals surface area contributed by atoms with Gasteiger partial charge in [0.1, 0.15) is 11.9 Å². The third-order valence-corrected chi connectivity index (χ3v) is 6.01. The molecule has 1 aromatic carbocycles.